The van der Waals surface area contributed by atoms with Gasteiger partial charge in [0.25, 0.3) is 0 Å². The van der Waals surface area contributed by atoms with E-state index < -0.39 is 12.0 Å². The third-order valence-electron chi connectivity index (χ3n) is 1.73. The number of carbonyl (C=O) groups excluding carboxylic acids is 2. The fourth-order valence-electron chi connectivity index (χ4n) is 0.949. The Hall–Kier alpha value is -2.01. The minimum atomic E-state index is -1.04. The highest BCUT2D eigenvalue weighted by Gasteiger charge is 2.10. The molecular weight excluding hydrogens is 226 g/mol. The summed E-state index contributed by atoms with van der Waals surface area (Å²) in [6, 6.07) is 8.58. The monoisotopic (exact) mass is 239 g/mol. The Morgan fingerprint density at radius 2 is 1.88 bits per heavy atom. The molecule has 0 radical (unpaired) electrons. The average Bonchev–Trinajstić information content (AvgIpc) is 2.31. The lowest BCUT2D eigenvalue weighted by molar-refractivity contribution is -0.191. The summed E-state index contributed by atoms with van der Waals surface area (Å²) in [5.74, 6) is -1.04. The van der Waals surface area contributed by atoms with Crippen molar-refractivity contribution in [1.82, 2.24) is 0 Å². The van der Waals surface area contributed by atoms with Gasteiger partial charge in [0.05, 0.1) is 13.2 Å². The Morgan fingerprint density at radius 3 is 2.35 bits per heavy atom. The lowest BCUT2D eigenvalue weighted by Gasteiger charge is -2.07. The van der Waals surface area contributed by atoms with Gasteiger partial charge >= 0.3 is 12.1 Å². The summed E-state index contributed by atoms with van der Waals surface area (Å²) in [6.45, 7) is 0.423. The van der Waals surface area contributed by atoms with Gasteiger partial charge in [-0.1, -0.05) is 30.3 Å². The fraction of sp³-hybridized carbons (Fsp3) is 0.273. The summed E-state index contributed by atoms with van der Waals surface area (Å²) in [7, 11) is 0. The van der Waals surface area contributed by atoms with E-state index in [-0.39, 0.29) is 12.8 Å². The van der Waals surface area contributed by atoms with Crippen molar-refractivity contribution in [3.05, 3.63) is 35.9 Å². The van der Waals surface area contributed by atoms with Crippen LogP contribution in [0.4, 0.5) is 0 Å². The molecule has 0 aromatic heterocycles. The van der Waals surface area contributed by atoms with Crippen molar-refractivity contribution in [1.29, 1.82) is 0 Å². The molecule has 0 unspecified atom stereocenters. The maximum Gasteiger partial charge on any atom is 0.373 e. The number of benzene rings is 1. The van der Waals surface area contributed by atoms with Crippen LogP contribution in [0.5, 0.6) is 0 Å². The first-order chi connectivity index (χ1) is 8.11. The van der Waals surface area contributed by atoms with E-state index in [0.717, 1.165) is 5.56 Å². The molecule has 1 aromatic rings. The zero-order valence-electron chi connectivity index (χ0n) is 9.04. The van der Waals surface area contributed by atoms with Crippen molar-refractivity contribution in [3.63, 3.8) is 0 Å². The Kier molecular flexibility index (Phi) is 8.14. The first-order valence-electron chi connectivity index (χ1n) is 4.71. The van der Waals surface area contributed by atoms with Gasteiger partial charge < -0.3 is 15.6 Å². The van der Waals surface area contributed by atoms with Crippen molar-refractivity contribution in [2.75, 3.05) is 6.61 Å². The van der Waals surface area contributed by atoms with Crippen LogP contribution in [0.25, 0.3) is 0 Å². The van der Waals surface area contributed by atoms with E-state index in [2.05, 4.69) is 0 Å². The van der Waals surface area contributed by atoms with Crippen LogP contribution in [0, 0.1) is 0 Å². The molecule has 0 heterocycles. The summed E-state index contributed by atoms with van der Waals surface area (Å²) in [6.07, 6.45) is 0.250. The molecule has 3 N–H and O–H groups in total. The van der Waals surface area contributed by atoms with E-state index in [9.17, 15) is 4.79 Å². The molecule has 1 rings (SSSR count). The summed E-state index contributed by atoms with van der Waals surface area (Å²) in [5.41, 5.74) is 6.26. The second-order valence-corrected chi connectivity index (χ2v) is 3.03. The van der Waals surface area contributed by atoms with Crippen LogP contribution in [-0.2, 0) is 25.7 Å². The second kappa shape index (κ2) is 9.23. The summed E-state index contributed by atoms with van der Waals surface area (Å²) in [5, 5.41) is 8.47. The summed E-state index contributed by atoms with van der Waals surface area (Å²) in [4.78, 5) is 26.6. The van der Waals surface area contributed by atoms with E-state index in [0.29, 0.717) is 6.61 Å². The van der Waals surface area contributed by atoms with Crippen molar-refractivity contribution in [2.45, 2.75) is 12.6 Å². The van der Waals surface area contributed by atoms with E-state index in [1.165, 1.54) is 0 Å². The largest absolute Gasteiger partial charge is 0.480 e. The molecule has 0 saturated carbocycles. The van der Waals surface area contributed by atoms with Crippen LogP contribution in [0.1, 0.15) is 5.56 Å². The number of nitrogens with two attached hydrogens (primary N) is 1. The Morgan fingerprint density at radius 1 is 1.35 bits per heavy atom. The quantitative estimate of drug-likeness (QED) is 0.750. The number of ether oxygens (including phenoxy) is 1. The van der Waals surface area contributed by atoms with Gasteiger partial charge in [0.2, 0.25) is 0 Å². The maximum atomic E-state index is 10.3. The normalized spacial score (nSPS) is 10.6. The second-order valence-electron chi connectivity index (χ2n) is 3.03. The number of rotatable bonds is 5. The molecule has 0 aliphatic carbocycles. The number of carbonyl (C=O) groups is 1. The first kappa shape index (κ1) is 15.0. The van der Waals surface area contributed by atoms with Gasteiger partial charge in [-0.2, -0.15) is 9.59 Å². The van der Waals surface area contributed by atoms with Gasteiger partial charge in [-0.3, -0.25) is 4.79 Å². The van der Waals surface area contributed by atoms with Crippen molar-refractivity contribution < 1.29 is 24.2 Å². The van der Waals surface area contributed by atoms with Crippen LogP contribution < -0.4 is 5.73 Å². The molecule has 0 spiro atoms. The Labute approximate surface area is 98.0 Å². The number of carboxylic acid groups (broad SMARTS) is 1. The lowest BCUT2D eigenvalue weighted by atomic mass is 10.2. The molecule has 0 aliphatic heterocycles. The summed E-state index contributed by atoms with van der Waals surface area (Å²) >= 11 is 0. The predicted molar refractivity (Wildman–Crippen MR) is 56.7 cm³/mol. The first-order valence-corrected chi connectivity index (χ1v) is 4.71. The molecule has 0 aliphatic rings. The van der Waals surface area contributed by atoms with Crippen LogP contribution in [0.3, 0.4) is 0 Å². The molecule has 0 fully saturated rings. The van der Waals surface area contributed by atoms with Crippen LogP contribution >= 0.6 is 0 Å². The van der Waals surface area contributed by atoms with E-state index in [1.54, 1.807) is 0 Å². The van der Waals surface area contributed by atoms with Crippen LogP contribution in [0.15, 0.2) is 30.3 Å². The third-order valence-corrected chi connectivity index (χ3v) is 1.73. The summed E-state index contributed by atoms with van der Waals surface area (Å²) < 4.78 is 5.14. The predicted octanol–water partition coefficient (Wildman–Crippen LogP) is 0.0316. The number of carboxylic acids is 1. The Bertz CT molecular complexity index is 359. The van der Waals surface area contributed by atoms with Gasteiger partial charge in [0.15, 0.2) is 0 Å². The van der Waals surface area contributed by atoms with E-state index in [1.807, 2.05) is 30.3 Å². The van der Waals surface area contributed by atoms with Gasteiger partial charge in [-0.05, 0) is 5.56 Å². The molecule has 1 aromatic carbocycles. The van der Waals surface area contributed by atoms with Gasteiger partial charge in [0, 0.05) is 0 Å². The number of hydrogen-bond donors (Lipinski definition) is 2. The molecule has 17 heavy (non-hydrogen) atoms. The topological polar surface area (TPSA) is 107 Å². The molecule has 1 atom stereocenters. The zero-order chi connectivity index (χ0) is 13.1. The van der Waals surface area contributed by atoms with Gasteiger partial charge in [-0.25, -0.2) is 0 Å². The van der Waals surface area contributed by atoms with E-state index in [4.69, 9.17) is 25.2 Å². The SMILES string of the molecule is N[C@@H](COCc1ccccc1)C(=O)O.O=C=O. The van der Waals surface area contributed by atoms with Crippen LogP contribution in [-0.4, -0.2) is 29.9 Å². The molecule has 0 amide bonds. The van der Waals surface area contributed by atoms with Crippen LogP contribution in [0.2, 0.25) is 0 Å². The third kappa shape index (κ3) is 7.87. The average molecular weight is 239 g/mol. The smallest absolute Gasteiger partial charge is 0.373 e. The number of aliphatic carboxylic acids is 1. The highest BCUT2D eigenvalue weighted by atomic mass is 16.5. The molecule has 92 valence electrons. The molecule has 6 heteroatoms. The number of hydrogen-bond acceptors (Lipinski definition) is 5. The minimum absolute atomic E-state index is 0.0320. The molecule has 0 bridgehead atoms. The van der Waals surface area contributed by atoms with Gasteiger partial charge in [0.1, 0.15) is 6.04 Å². The van der Waals surface area contributed by atoms with E-state index >= 15 is 0 Å². The standard InChI is InChI=1S/C10H13NO3.CO2/c11-9(10(12)13)7-14-6-8-4-2-1-3-5-8;2-1-3/h1-5,9H,6-7,11H2,(H,12,13);/t9-;/m0./s1. The van der Waals surface area contributed by atoms with Crippen molar-refractivity contribution in [2.24, 2.45) is 5.73 Å². The van der Waals surface area contributed by atoms with Crippen molar-refractivity contribution in [3.8, 4) is 0 Å². The fourth-order valence-corrected chi connectivity index (χ4v) is 0.949. The maximum absolute atomic E-state index is 10.3. The van der Waals surface area contributed by atoms with Crippen molar-refractivity contribution >= 4 is 12.1 Å². The molecule has 0 saturated heterocycles. The molecule has 6 nitrogen and oxygen atoms in total. The zero-order valence-corrected chi connectivity index (χ0v) is 9.04. The highest BCUT2D eigenvalue weighted by molar-refractivity contribution is 5.73. The Balaban J connectivity index is 0.000000770. The van der Waals surface area contributed by atoms with Gasteiger partial charge in [-0.15, -0.1) is 0 Å². The lowest BCUT2D eigenvalue weighted by Crippen LogP contribution is -2.34. The molecular formula is C11H13NO5. The minimum Gasteiger partial charge on any atom is -0.480 e. The highest BCUT2D eigenvalue weighted by Crippen LogP contribution is 2.00.